The molecule has 0 amide bonds. The smallest absolute Gasteiger partial charge is 0.118 e. The quantitative estimate of drug-likeness (QED) is 0.885. The lowest BCUT2D eigenvalue weighted by molar-refractivity contribution is 0.253. The van der Waals surface area contributed by atoms with Crippen LogP contribution in [-0.4, -0.2) is 19.2 Å². The second kappa shape index (κ2) is 6.17. The summed E-state index contributed by atoms with van der Waals surface area (Å²) in [5, 5.41) is 3.73. The molecule has 1 fully saturated rings. The van der Waals surface area contributed by atoms with E-state index in [-0.39, 0.29) is 5.54 Å². The fraction of sp³-hybridized carbons (Fsp3) is 0.667. The highest BCUT2D eigenvalue weighted by Gasteiger charge is 2.34. The predicted molar refractivity (Wildman–Crippen MR) is 85.5 cm³/mol. The first-order valence-corrected chi connectivity index (χ1v) is 7.85. The van der Waals surface area contributed by atoms with Gasteiger partial charge in [0, 0.05) is 17.5 Å². The molecule has 1 aromatic rings. The van der Waals surface area contributed by atoms with Gasteiger partial charge >= 0.3 is 0 Å². The van der Waals surface area contributed by atoms with Crippen molar-refractivity contribution < 1.29 is 4.74 Å². The molecule has 0 spiro atoms. The van der Waals surface area contributed by atoms with Gasteiger partial charge in [0.25, 0.3) is 0 Å². The Bertz CT molecular complexity index is 410. The van der Waals surface area contributed by atoms with Crippen molar-refractivity contribution in [3.63, 3.8) is 0 Å². The molecule has 2 nitrogen and oxygen atoms in total. The molecule has 0 aromatic heterocycles. The summed E-state index contributed by atoms with van der Waals surface area (Å²) in [5.41, 5.74) is 1.95. The lowest BCUT2D eigenvalue weighted by Gasteiger charge is -2.40. The zero-order valence-electron chi connectivity index (χ0n) is 13.5. The number of hydrogen-bond donors (Lipinski definition) is 1. The van der Waals surface area contributed by atoms with E-state index in [1.807, 2.05) is 0 Å². The fourth-order valence-electron chi connectivity index (χ4n) is 3.17. The first kappa shape index (κ1) is 15.4. The van der Waals surface area contributed by atoms with Crippen LogP contribution in [0.15, 0.2) is 24.3 Å². The molecule has 0 saturated heterocycles. The normalized spacial score (nSPS) is 18.8. The van der Waals surface area contributed by atoms with Crippen LogP contribution in [0.25, 0.3) is 0 Å². The highest BCUT2D eigenvalue weighted by atomic mass is 16.5. The van der Waals surface area contributed by atoms with Crippen LogP contribution in [0.3, 0.4) is 0 Å². The van der Waals surface area contributed by atoms with E-state index in [1.54, 1.807) is 7.11 Å². The largest absolute Gasteiger partial charge is 0.497 e. The van der Waals surface area contributed by atoms with Gasteiger partial charge in [0.15, 0.2) is 0 Å². The Morgan fingerprint density at radius 1 is 1.05 bits per heavy atom. The number of hydrogen-bond acceptors (Lipinski definition) is 2. The third kappa shape index (κ3) is 3.76. The van der Waals surface area contributed by atoms with Gasteiger partial charge in [-0.25, -0.2) is 0 Å². The molecule has 0 atom stereocenters. The Morgan fingerprint density at radius 3 is 2.15 bits per heavy atom. The molecular weight excluding hydrogens is 246 g/mol. The average Bonchev–Trinajstić information content (AvgIpc) is 2.46. The number of benzene rings is 1. The van der Waals surface area contributed by atoms with E-state index < -0.39 is 0 Å². The van der Waals surface area contributed by atoms with E-state index in [2.05, 4.69) is 50.4 Å². The van der Waals surface area contributed by atoms with Crippen molar-refractivity contribution in [1.82, 2.24) is 5.32 Å². The van der Waals surface area contributed by atoms with Gasteiger partial charge in [0.1, 0.15) is 5.75 Å². The summed E-state index contributed by atoms with van der Waals surface area (Å²) >= 11 is 0. The summed E-state index contributed by atoms with van der Waals surface area (Å²) in [4.78, 5) is 0. The maximum atomic E-state index is 5.29. The van der Waals surface area contributed by atoms with E-state index in [0.717, 1.165) is 12.3 Å². The van der Waals surface area contributed by atoms with Crippen LogP contribution in [0, 0.1) is 0 Å². The summed E-state index contributed by atoms with van der Waals surface area (Å²) in [6.07, 6.45) is 6.66. The highest BCUT2D eigenvalue weighted by molar-refractivity contribution is 5.33. The minimum Gasteiger partial charge on any atom is -0.497 e. The van der Waals surface area contributed by atoms with Gasteiger partial charge < -0.3 is 10.1 Å². The average molecular weight is 275 g/mol. The number of rotatable bonds is 4. The molecule has 2 rings (SSSR count). The van der Waals surface area contributed by atoms with E-state index in [1.165, 1.54) is 37.7 Å². The minimum absolute atomic E-state index is 0.177. The lowest BCUT2D eigenvalue weighted by Crippen LogP contribution is -2.47. The summed E-state index contributed by atoms with van der Waals surface area (Å²) < 4.78 is 5.29. The first-order valence-electron chi connectivity index (χ1n) is 7.85. The predicted octanol–water partition coefficient (Wildman–Crippen LogP) is 4.29. The highest BCUT2D eigenvalue weighted by Crippen LogP contribution is 2.39. The van der Waals surface area contributed by atoms with Crippen LogP contribution >= 0.6 is 0 Å². The van der Waals surface area contributed by atoms with Crippen molar-refractivity contribution in [3.05, 3.63) is 29.8 Å². The van der Waals surface area contributed by atoms with E-state index in [0.29, 0.717) is 5.41 Å². The summed E-state index contributed by atoms with van der Waals surface area (Å²) in [6.45, 7) is 7.81. The van der Waals surface area contributed by atoms with E-state index >= 15 is 0 Å². The number of ether oxygens (including phenoxy) is 1. The Labute approximate surface area is 123 Å². The molecule has 1 aromatic carbocycles. The van der Waals surface area contributed by atoms with Crippen molar-refractivity contribution in [1.29, 1.82) is 0 Å². The molecule has 0 radical (unpaired) electrons. The van der Waals surface area contributed by atoms with Gasteiger partial charge in [-0.15, -0.1) is 0 Å². The maximum absolute atomic E-state index is 5.29. The number of methoxy groups -OCH3 is 1. The second-order valence-electron chi connectivity index (χ2n) is 7.17. The van der Waals surface area contributed by atoms with Crippen LogP contribution in [-0.2, 0) is 5.41 Å². The van der Waals surface area contributed by atoms with Gasteiger partial charge in [-0.1, -0.05) is 31.4 Å². The van der Waals surface area contributed by atoms with Crippen LogP contribution < -0.4 is 10.1 Å². The van der Waals surface area contributed by atoms with Crippen molar-refractivity contribution in [2.75, 3.05) is 13.7 Å². The Kier molecular flexibility index (Phi) is 4.74. The molecule has 0 aliphatic heterocycles. The van der Waals surface area contributed by atoms with Crippen LogP contribution in [0.2, 0.25) is 0 Å². The zero-order valence-corrected chi connectivity index (χ0v) is 13.5. The Hall–Kier alpha value is -1.02. The van der Waals surface area contributed by atoms with Gasteiger partial charge in [-0.3, -0.25) is 0 Å². The summed E-state index contributed by atoms with van der Waals surface area (Å²) in [5.74, 6) is 0.948. The molecule has 0 unspecified atom stereocenters. The van der Waals surface area contributed by atoms with Crippen LogP contribution in [0.1, 0.15) is 58.4 Å². The van der Waals surface area contributed by atoms with E-state index in [4.69, 9.17) is 4.74 Å². The zero-order chi connectivity index (χ0) is 14.6. The topological polar surface area (TPSA) is 21.3 Å². The Morgan fingerprint density at radius 2 is 1.65 bits per heavy atom. The van der Waals surface area contributed by atoms with Gasteiger partial charge in [-0.2, -0.15) is 0 Å². The maximum Gasteiger partial charge on any atom is 0.118 e. The molecule has 20 heavy (non-hydrogen) atoms. The summed E-state index contributed by atoms with van der Waals surface area (Å²) in [6, 6.07) is 8.72. The third-order valence-corrected chi connectivity index (χ3v) is 4.47. The van der Waals surface area contributed by atoms with Crippen molar-refractivity contribution in [2.24, 2.45) is 0 Å². The SMILES string of the molecule is COc1ccc(C2(CNC(C)(C)C)CCCCC2)cc1. The molecule has 1 saturated carbocycles. The standard InChI is InChI=1S/C18H29NO/c1-17(2,3)19-14-18(12-6-5-7-13-18)15-8-10-16(20-4)11-9-15/h8-11,19H,5-7,12-14H2,1-4H3. The van der Waals surface area contributed by atoms with Crippen molar-refractivity contribution >= 4 is 0 Å². The van der Waals surface area contributed by atoms with Crippen LogP contribution in [0.5, 0.6) is 5.75 Å². The molecular formula is C18H29NO. The van der Waals surface area contributed by atoms with Gasteiger partial charge in [0.05, 0.1) is 7.11 Å². The molecule has 112 valence electrons. The molecule has 1 aliphatic carbocycles. The van der Waals surface area contributed by atoms with Crippen molar-refractivity contribution in [2.45, 2.75) is 63.8 Å². The fourth-order valence-corrected chi connectivity index (χ4v) is 3.17. The van der Waals surface area contributed by atoms with Gasteiger partial charge in [0.2, 0.25) is 0 Å². The second-order valence-corrected chi connectivity index (χ2v) is 7.17. The monoisotopic (exact) mass is 275 g/mol. The third-order valence-electron chi connectivity index (χ3n) is 4.47. The molecule has 0 heterocycles. The van der Waals surface area contributed by atoms with Gasteiger partial charge in [-0.05, 0) is 51.3 Å². The van der Waals surface area contributed by atoms with Crippen molar-refractivity contribution in [3.8, 4) is 5.75 Å². The molecule has 2 heteroatoms. The minimum atomic E-state index is 0.177. The first-order chi connectivity index (χ1) is 9.45. The molecule has 0 bridgehead atoms. The molecule has 1 N–H and O–H groups in total. The Balaban J connectivity index is 2.20. The molecule has 1 aliphatic rings. The number of nitrogens with one attached hydrogen (secondary N) is 1. The van der Waals surface area contributed by atoms with E-state index in [9.17, 15) is 0 Å². The summed E-state index contributed by atoms with van der Waals surface area (Å²) in [7, 11) is 1.73. The van der Waals surface area contributed by atoms with Crippen LogP contribution in [0.4, 0.5) is 0 Å². The lowest BCUT2D eigenvalue weighted by atomic mass is 9.69.